The molecule has 3 aromatic rings. The molecular weight excluding hydrogens is 480 g/mol. The van der Waals surface area contributed by atoms with Crippen LogP contribution in [0.4, 0.5) is 0 Å². The van der Waals surface area contributed by atoms with Gasteiger partial charge in [0.15, 0.2) is 0 Å². The van der Waals surface area contributed by atoms with Crippen LogP contribution >= 0.6 is 0 Å². The molecule has 200 valence electrons. The Labute approximate surface area is 230 Å². The number of hydrogen-bond donors (Lipinski definition) is 2. The maximum atomic E-state index is 13.5. The summed E-state index contributed by atoms with van der Waals surface area (Å²) >= 11 is 0. The number of carbonyl (C=O) groups excluding carboxylic acids is 1. The van der Waals surface area contributed by atoms with Gasteiger partial charge in [-0.25, -0.2) is 4.98 Å². The van der Waals surface area contributed by atoms with Crippen molar-refractivity contribution in [3.05, 3.63) is 75.9 Å². The minimum atomic E-state index is -0.731. The van der Waals surface area contributed by atoms with Gasteiger partial charge in [0.2, 0.25) is 0 Å². The molecule has 6 rings (SSSR count). The SMILES string of the molecule is C=C1c2cc3[nH]c(cc4nc(cc5[nH]c(cc(n2)C12CCCC2=O)c(C)c5CC)C(C)=C4CC)c(CC)c3C. The van der Waals surface area contributed by atoms with E-state index in [9.17, 15) is 4.79 Å². The fraction of sp³-hybridized carbons (Fsp3) is 0.382. The van der Waals surface area contributed by atoms with Crippen LogP contribution in [0.15, 0.2) is 30.8 Å². The molecule has 3 aliphatic rings. The second-order valence-corrected chi connectivity index (χ2v) is 11.3. The van der Waals surface area contributed by atoms with Gasteiger partial charge >= 0.3 is 0 Å². The van der Waals surface area contributed by atoms with Crippen molar-refractivity contribution in [2.45, 2.75) is 85.5 Å². The first-order chi connectivity index (χ1) is 18.7. The average Bonchev–Trinajstić information content (AvgIpc) is 3.66. The monoisotopic (exact) mass is 518 g/mol. The number of ketones is 1. The minimum absolute atomic E-state index is 0.234. The van der Waals surface area contributed by atoms with Crippen LogP contribution in [0.1, 0.15) is 98.4 Å². The van der Waals surface area contributed by atoms with Gasteiger partial charge in [-0.05, 0) is 116 Å². The van der Waals surface area contributed by atoms with Crippen molar-refractivity contribution in [2.75, 3.05) is 0 Å². The zero-order chi connectivity index (χ0) is 27.6. The third-order valence-corrected chi connectivity index (χ3v) is 9.41. The van der Waals surface area contributed by atoms with E-state index in [0.29, 0.717) is 6.42 Å². The lowest BCUT2D eigenvalue weighted by molar-refractivity contribution is -0.120. The Hall–Kier alpha value is -3.73. The number of aryl methyl sites for hydroxylation is 4. The fourth-order valence-corrected chi connectivity index (χ4v) is 7.08. The van der Waals surface area contributed by atoms with Crippen molar-refractivity contribution >= 4 is 44.6 Å². The maximum absolute atomic E-state index is 13.5. The number of nitrogens with zero attached hydrogens (tertiary/aromatic N) is 2. The van der Waals surface area contributed by atoms with E-state index in [-0.39, 0.29) is 5.78 Å². The van der Waals surface area contributed by atoms with Crippen molar-refractivity contribution < 1.29 is 4.79 Å². The van der Waals surface area contributed by atoms with E-state index in [0.717, 1.165) is 82.5 Å². The van der Waals surface area contributed by atoms with Crippen molar-refractivity contribution in [3.63, 3.8) is 0 Å². The van der Waals surface area contributed by atoms with Gasteiger partial charge in [-0.1, -0.05) is 27.4 Å². The van der Waals surface area contributed by atoms with Crippen LogP contribution in [0.25, 0.3) is 38.8 Å². The van der Waals surface area contributed by atoms with Gasteiger partial charge in [0.05, 0.1) is 28.2 Å². The van der Waals surface area contributed by atoms with Crippen molar-refractivity contribution in [2.24, 2.45) is 0 Å². The van der Waals surface area contributed by atoms with Crippen molar-refractivity contribution in [1.29, 1.82) is 0 Å². The third-order valence-electron chi connectivity index (χ3n) is 9.41. The predicted molar refractivity (Wildman–Crippen MR) is 162 cm³/mol. The molecule has 1 saturated carbocycles. The fourth-order valence-electron chi connectivity index (χ4n) is 7.08. The van der Waals surface area contributed by atoms with Gasteiger partial charge in [-0.15, -0.1) is 0 Å². The van der Waals surface area contributed by atoms with E-state index in [1.54, 1.807) is 0 Å². The summed E-state index contributed by atoms with van der Waals surface area (Å²) in [6.07, 6.45) is 4.94. The molecule has 1 fully saturated rings. The Morgan fingerprint density at radius 3 is 1.95 bits per heavy atom. The molecule has 1 spiro atoms. The molecule has 2 N–H and O–H groups in total. The Balaban J connectivity index is 1.81. The summed E-state index contributed by atoms with van der Waals surface area (Å²) in [6.45, 7) is 17.6. The van der Waals surface area contributed by atoms with Gasteiger partial charge in [0, 0.05) is 28.5 Å². The number of fused-ring (bicyclic) bond motifs is 9. The third kappa shape index (κ3) is 3.62. The molecule has 0 aromatic carbocycles. The Morgan fingerprint density at radius 2 is 1.38 bits per heavy atom. The molecule has 2 aliphatic heterocycles. The Kier molecular flexibility index (Phi) is 6.01. The summed E-state index contributed by atoms with van der Waals surface area (Å²) in [6, 6.07) is 8.62. The summed E-state index contributed by atoms with van der Waals surface area (Å²) in [7, 11) is 0. The highest BCUT2D eigenvalue weighted by Gasteiger charge is 2.50. The highest BCUT2D eigenvalue weighted by atomic mass is 16.1. The van der Waals surface area contributed by atoms with Gasteiger partial charge < -0.3 is 9.97 Å². The molecule has 1 unspecified atom stereocenters. The van der Waals surface area contributed by atoms with Gasteiger partial charge in [0.25, 0.3) is 0 Å². The number of hydrogen-bond acceptors (Lipinski definition) is 3. The highest BCUT2D eigenvalue weighted by Crippen LogP contribution is 2.50. The number of aromatic amines is 2. The predicted octanol–water partition coefficient (Wildman–Crippen LogP) is 8.10. The van der Waals surface area contributed by atoms with Crippen LogP contribution in [0.3, 0.4) is 0 Å². The smallest absolute Gasteiger partial charge is 0.149 e. The summed E-state index contributed by atoms with van der Waals surface area (Å²) in [5, 5.41) is 0. The highest BCUT2D eigenvalue weighted by molar-refractivity contribution is 6.05. The molecule has 8 bridgehead atoms. The largest absolute Gasteiger partial charge is 0.355 e. The molecule has 0 radical (unpaired) electrons. The summed E-state index contributed by atoms with van der Waals surface area (Å²) in [4.78, 5) is 31.1. The quantitative estimate of drug-likeness (QED) is 0.368. The first kappa shape index (κ1) is 25.5. The number of rotatable bonds is 3. The molecule has 39 heavy (non-hydrogen) atoms. The number of allylic oxidation sites excluding steroid dienone is 3. The Bertz CT molecular complexity index is 1760. The molecule has 5 nitrogen and oxygen atoms in total. The molecule has 0 amide bonds. The maximum Gasteiger partial charge on any atom is 0.149 e. The zero-order valence-electron chi connectivity index (χ0n) is 24.1. The number of carbonyl (C=O) groups is 1. The second kappa shape index (κ2) is 9.18. The lowest BCUT2D eigenvalue weighted by Crippen LogP contribution is -2.29. The van der Waals surface area contributed by atoms with E-state index < -0.39 is 5.41 Å². The van der Waals surface area contributed by atoms with Gasteiger partial charge in [-0.3, -0.25) is 9.78 Å². The van der Waals surface area contributed by atoms with E-state index in [1.165, 1.54) is 33.4 Å². The van der Waals surface area contributed by atoms with Crippen molar-refractivity contribution in [3.8, 4) is 0 Å². The number of nitrogens with one attached hydrogen (secondary N) is 2. The number of Topliss-reactive ketones (excluding diaryl/α,β-unsaturated/α-hetero) is 1. The van der Waals surface area contributed by atoms with Gasteiger partial charge in [-0.2, -0.15) is 0 Å². The zero-order valence-corrected chi connectivity index (χ0v) is 24.1. The second-order valence-electron chi connectivity index (χ2n) is 11.3. The Morgan fingerprint density at radius 1 is 0.795 bits per heavy atom. The topological polar surface area (TPSA) is 74.4 Å². The molecule has 1 aliphatic carbocycles. The standard InChI is InChI=1S/C34H38N4O/c1-8-22-18(4)25-14-28-21(7)34(13-11-12-33(34)39)32(38-28)17-27-20(6)24(10-3)29(37-27)15-26-19(5)23(9-2)31(36-26)16-30(22)35-25/h14-17,35,37H,7-13H2,1-6H3. The number of aromatic nitrogens is 4. The summed E-state index contributed by atoms with van der Waals surface area (Å²) in [5.74, 6) is 0.234. The molecule has 5 heteroatoms. The van der Waals surface area contributed by atoms with Crippen LogP contribution in [0.2, 0.25) is 0 Å². The first-order valence-electron chi connectivity index (χ1n) is 14.4. The van der Waals surface area contributed by atoms with E-state index in [4.69, 9.17) is 9.97 Å². The molecular formula is C34H38N4O. The number of H-pyrrole nitrogens is 2. The molecule has 5 heterocycles. The van der Waals surface area contributed by atoms with E-state index >= 15 is 0 Å². The van der Waals surface area contributed by atoms with Gasteiger partial charge in [0.1, 0.15) is 5.78 Å². The minimum Gasteiger partial charge on any atom is -0.355 e. The van der Waals surface area contributed by atoms with Crippen LogP contribution < -0.4 is 0 Å². The lowest BCUT2D eigenvalue weighted by Gasteiger charge is -2.22. The normalized spacial score (nSPS) is 19.1. The lowest BCUT2D eigenvalue weighted by atomic mass is 9.76. The van der Waals surface area contributed by atoms with Crippen LogP contribution in [-0.2, 0) is 23.1 Å². The van der Waals surface area contributed by atoms with Crippen LogP contribution in [-0.4, -0.2) is 25.7 Å². The van der Waals surface area contributed by atoms with E-state index in [2.05, 4.69) is 82.4 Å². The molecule has 0 saturated heterocycles. The van der Waals surface area contributed by atoms with E-state index in [1.807, 2.05) is 0 Å². The van der Waals surface area contributed by atoms with Crippen molar-refractivity contribution in [1.82, 2.24) is 19.9 Å². The first-order valence-corrected chi connectivity index (χ1v) is 14.4. The summed E-state index contributed by atoms with van der Waals surface area (Å²) < 4.78 is 0. The van der Waals surface area contributed by atoms with Crippen LogP contribution in [0, 0.1) is 13.8 Å². The molecule has 3 aromatic heterocycles. The summed E-state index contributed by atoms with van der Waals surface area (Å²) in [5.41, 5.74) is 15.4. The average molecular weight is 519 g/mol. The molecule has 1 atom stereocenters. The van der Waals surface area contributed by atoms with Crippen LogP contribution in [0.5, 0.6) is 0 Å².